The number of fused-ring (bicyclic) bond motifs is 1. The Hall–Kier alpha value is -2.87. The number of halogens is 2. The number of nitrogens with one attached hydrogen (secondary N) is 2. The van der Waals surface area contributed by atoms with Crippen LogP contribution in [0.5, 0.6) is 0 Å². The summed E-state index contributed by atoms with van der Waals surface area (Å²) in [4.78, 5) is 9.00. The first kappa shape index (κ1) is 19.4. The van der Waals surface area contributed by atoms with E-state index in [0.717, 1.165) is 0 Å². The Balaban J connectivity index is 1.78. The number of aromatic nitrogens is 2. The van der Waals surface area contributed by atoms with E-state index in [-0.39, 0.29) is 16.5 Å². The number of sulfonamides is 1. The lowest BCUT2D eigenvalue weighted by Gasteiger charge is -2.14. The molecule has 0 atom stereocenters. The molecule has 29 heavy (non-hydrogen) atoms. The fourth-order valence-electron chi connectivity index (χ4n) is 2.65. The van der Waals surface area contributed by atoms with Gasteiger partial charge in [0.05, 0.1) is 15.9 Å². The van der Waals surface area contributed by atoms with Crippen LogP contribution in [0.1, 0.15) is 0 Å². The van der Waals surface area contributed by atoms with Gasteiger partial charge in [0.2, 0.25) is 0 Å². The van der Waals surface area contributed by atoms with Crippen LogP contribution in [0.25, 0.3) is 11.0 Å². The SMILES string of the molecule is O=S(=O)(Nc1nc2ccccc2nc1Nc1ccc(Cl)cc1)c1cccc(Cl)c1. The van der Waals surface area contributed by atoms with E-state index < -0.39 is 10.0 Å². The molecule has 0 aliphatic rings. The Bertz CT molecular complexity index is 1300. The Morgan fingerprint density at radius 2 is 1.38 bits per heavy atom. The van der Waals surface area contributed by atoms with Crippen molar-refractivity contribution in [1.29, 1.82) is 0 Å². The second-order valence-corrected chi connectivity index (χ2v) is 8.66. The quantitative estimate of drug-likeness (QED) is 0.425. The first-order chi connectivity index (χ1) is 13.9. The molecule has 0 bridgehead atoms. The van der Waals surface area contributed by atoms with E-state index in [1.54, 1.807) is 54.6 Å². The topological polar surface area (TPSA) is 84.0 Å². The summed E-state index contributed by atoms with van der Waals surface area (Å²) >= 11 is 11.9. The number of para-hydroxylation sites is 2. The van der Waals surface area contributed by atoms with Gasteiger partial charge in [-0.1, -0.05) is 41.4 Å². The molecular formula is C20H14Cl2N4O2S. The summed E-state index contributed by atoms with van der Waals surface area (Å²) in [5, 5.41) is 3.99. The smallest absolute Gasteiger partial charge is 0.263 e. The van der Waals surface area contributed by atoms with Crippen LogP contribution >= 0.6 is 23.2 Å². The lowest BCUT2D eigenvalue weighted by molar-refractivity contribution is 0.601. The lowest BCUT2D eigenvalue weighted by Crippen LogP contribution is -2.16. The van der Waals surface area contributed by atoms with Gasteiger partial charge in [-0.05, 0) is 54.6 Å². The van der Waals surface area contributed by atoms with Gasteiger partial charge in [-0.25, -0.2) is 18.4 Å². The van der Waals surface area contributed by atoms with Gasteiger partial charge in [0.25, 0.3) is 10.0 Å². The molecular weight excluding hydrogens is 431 g/mol. The van der Waals surface area contributed by atoms with Crippen LogP contribution in [0.4, 0.5) is 17.3 Å². The molecule has 0 unspecified atom stereocenters. The highest BCUT2D eigenvalue weighted by molar-refractivity contribution is 7.92. The highest BCUT2D eigenvalue weighted by Crippen LogP contribution is 2.28. The van der Waals surface area contributed by atoms with Crippen LogP contribution in [-0.4, -0.2) is 18.4 Å². The van der Waals surface area contributed by atoms with Crippen LogP contribution in [-0.2, 0) is 10.0 Å². The average molecular weight is 445 g/mol. The first-order valence-corrected chi connectivity index (χ1v) is 10.7. The van der Waals surface area contributed by atoms with Crippen LogP contribution in [0, 0.1) is 0 Å². The fraction of sp³-hybridized carbons (Fsp3) is 0. The molecule has 0 saturated heterocycles. The summed E-state index contributed by atoms with van der Waals surface area (Å²) in [6, 6.07) is 20.1. The number of nitrogens with zero attached hydrogens (tertiary/aromatic N) is 2. The van der Waals surface area contributed by atoms with Crippen molar-refractivity contribution in [2.75, 3.05) is 10.0 Å². The zero-order valence-corrected chi connectivity index (χ0v) is 17.1. The van der Waals surface area contributed by atoms with Crippen molar-refractivity contribution >= 4 is 61.6 Å². The first-order valence-electron chi connectivity index (χ1n) is 8.48. The maximum atomic E-state index is 12.9. The molecule has 4 aromatic rings. The van der Waals surface area contributed by atoms with Crippen LogP contribution in [0.2, 0.25) is 10.0 Å². The minimum Gasteiger partial charge on any atom is -0.337 e. The Labute approximate surface area is 177 Å². The van der Waals surface area contributed by atoms with Crippen molar-refractivity contribution in [3.8, 4) is 0 Å². The molecule has 6 nitrogen and oxygen atoms in total. The molecule has 146 valence electrons. The van der Waals surface area contributed by atoms with E-state index in [1.165, 1.54) is 12.1 Å². The molecule has 0 spiro atoms. The predicted octanol–water partition coefficient (Wildman–Crippen LogP) is 5.48. The third kappa shape index (κ3) is 4.42. The summed E-state index contributed by atoms with van der Waals surface area (Å²) in [6.07, 6.45) is 0. The summed E-state index contributed by atoms with van der Waals surface area (Å²) in [7, 11) is -3.92. The summed E-state index contributed by atoms with van der Waals surface area (Å²) in [6.45, 7) is 0. The van der Waals surface area contributed by atoms with Crippen LogP contribution in [0.15, 0.2) is 77.7 Å². The van der Waals surface area contributed by atoms with E-state index >= 15 is 0 Å². The summed E-state index contributed by atoms with van der Waals surface area (Å²) in [5.41, 5.74) is 1.86. The fourth-order valence-corrected chi connectivity index (χ4v) is 4.08. The van der Waals surface area contributed by atoms with Crippen molar-refractivity contribution in [1.82, 2.24) is 9.97 Å². The van der Waals surface area contributed by atoms with E-state index in [0.29, 0.717) is 26.8 Å². The van der Waals surface area contributed by atoms with Crippen LogP contribution < -0.4 is 10.0 Å². The van der Waals surface area contributed by atoms with Crippen LogP contribution in [0.3, 0.4) is 0 Å². The molecule has 0 amide bonds. The van der Waals surface area contributed by atoms with Crippen molar-refractivity contribution in [3.63, 3.8) is 0 Å². The normalized spacial score (nSPS) is 11.4. The van der Waals surface area contributed by atoms with E-state index in [1.807, 2.05) is 6.07 Å². The Morgan fingerprint density at radius 3 is 2.03 bits per heavy atom. The van der Waals surface area contributed by atoms with Crippen molar-refractivity contribution in [2.24, 2.45) is 0 Å². The third-order valence-corrected chi connectivity index (χ3v) is 5.84. The maximum absolute atomic E-state index is 12.9. The monoisotopic (exact) mass is 444 g/mol. The van der Waals surface area contributed by atoms with E-state index in [9.17, 15) is 8.42 Å². The minimum absolute atomic E-state index is 0.0254. The second kappa shape index (κ2) is 7.87. The highest BCUT2D eigenvalue weighted by Gasteiger charge is 2.19. The zero-order chi connectivity index (χ0) is 20.4. The molecule has 0 fully saturated rings. The molecule has 0 radical (unpaired) electrons. The summed E-state index contributed by atoms with van der Waals surface area (Å²) in [5.74, 6) is 0.329. The molecule has 9 heteroatoms. The van der Waals surface area contributed by atoms with E-state index in [2.05, 4.69) is 20.0 Å². The lowest BCUT2D eigenvalue weighted by atomic mass is 10.3. The molecule has 0 saturated carbocycles. The second-order valence-electron chi connectivity index (χ2n) is 6.10. The molecule has 1 aromatic heterocycles. The summed E-state index contributed by atoms with van der Waals surface area (Å²) < 4.78 is 28.2. The number of anilines is 3. The van der Waals surface area contributed by atoms with Gasteiger partial charge in [-0.3, -0.25) is 4.72 Å². The molecule has 1 heterocycles. The van der Waals surface area contributed by atoms with Gasteiger partial charge in [0.15, 0.2) is 11.6 Å². The molecule has 3 aromatic carbocycles. The van der Waals surface area contributed by atoms with Gasteiger partial charge in [-0.15, -0.1) is 0 Å². The Kier molecular flexibility index (Phi) is 5.27. The zero-order valence-electron chi connectivity index (χ0n) is 14.8. The number of rotatable bonds is 5. The molecule has 0 aliphatic carbocycles. The molecule has 0 aliphatic heterocycles. The maximum Gasteiger partial charge on any atom is 0.263 e. The standard InChI is InChI=1S/C20H14Cl2N4O2S/c21-13-8-10-15(11-9-13)23-19-20(25-18-7-2-1-6-17(18)24-19)26-29(27,28)16-5-3-4-14(22)12-16/h1-12H,(H,23,24)(H,25,26). The third-order valence-electron chi connectivity index (χ3n) is 4.01. The number of hydrogen-bond acceptors (Lipinski definition) is 5. The van der Waals surface area contributed by atoms with Gasteiger partial charge in [-0.2, -0.15) is 0 Å². The molecule has 2 N–H and O–H groups in total. The van der Waals surface area contributed by atoms with E-state index in [4.69, 9.17) is 23.2 Å². The van der Waals surface area contributed by atoms with Crippen molar-refractivity contribution in [2.45, 2.75) is 4.90 Å². The minimum atomic E-state index is -3.92. The van der Waals surface area contributed by atoms with Crippen molar-refractivity contribution in [3.05, 3.63) is 82.8 Å². The largest absolute Gasteiger partial charge is 0.337 e. The van der Waals surface area contributed by atoms with Gasteiger partial charge < -0.3 is 5.32 Å². The average Bonchev–Trinajstić information content (AvgIpc) is 2.70. The van der Waals surface area contributed by atoms with Gasteiger partial charge in [0, 0.05) is 15.7 Å². The molecule has 4 rings (SSSR count). The van der Waals surface area contributed by atoms with Gasteiger partial charge in [0.1, 0.15) is 0 Å². The Morgan fingerprint density at radius 1 is 0.724 bits per heavy atom. The van der Waals surface area contributed by atoms with Gasteiger partial charge >= 0.3 is 0 Å². The number of benzene rings is 3. The predicted molar refractivity (Wildman–Crippen MR) is 117 cm³/mol. The number of hydrogen-bond donors (Lipinski definition) is 2. The highest BCUT2D eigenvalue weighted by atomic mass is 35.5. The van der Waals surface area contributed by atoms with Crippen molar-refractivity contribution < 1.29 is 8.42 Å².